The molecule has 2 aliphatic heterocycles. The maximum absolute atomic E-state index is 12.4. The first-order valence-corrected chi connectivity index (χ1v) is 6.44. The Morgan fingerprint density at radius 3 is 2.20 bits per heavy atom. The van der Waals surface area contributed by atoms with Crippen LogP contribution >= 0.6 is 0 Å². The van der Waals surface area contributed by atoms with E-state index < -0.39 is 6.04 Å². The minimum atomic E-state index is -0.724. The molecule has 1 unspecified atom stereocenters. The van der Waals surface area contributed by atoms with Gasteiger partial charge in [0.05, 0.1) is 11.1 Å². The van der Waals surface area contributed by atoms with Crippen LogP contribution in [0.15, 0.2) is 36.5 Å². The largest absolute Gasteiger partial charge is 0.318 e. The number of rotatable bonds is 1. The lowest BCUT2D eigenvalue weighted by Gasteiger charge is -2.34. The zero-order valence-electron chi connectivity index (χ0n) is 11.1. The molecule has 5 heteroatoms. The van der Waals surface area contributed by atoms with E-state index in [0.717, 1.165) is 4.90 Å². The number of likely N-dealkylation sites (N-methyl/N-ethyl adjacent to an activating group) is 1. The molecule has 1 atom stereocenters. The third-order valence-electron chi connectivity index (χ3n) is 3.93. The fraction of sp³-hybridized carbons (Fsp3) is 0.267. The van der Waals surface area contributed by atoms with Crippen LogP contribution < -0.4 is 0 Å². The average molecular weight is 270 g/mol. The molecular weight excluding hydrogens is 256 g/mol. The lowest BCUT2D eigenvalue weighted by atomic mass is 10.0. The lowest BCUT2D eigenvalue weighted by Crippen LogP contribution is -2.52. The number of fused-ring (bicyclic) bond motifs is 1. The predicted molar refractivity (Wildman–Crippen MR) is 71.9 cm³/mol. The van der Waals surface area contributed by atoms with Crippen LogP contribution in [-0.4, -0.2) is 40.6 Å². The summed E-state index contributed by atoms with van der Waals surface area (Å²) in [6.45, 7) is 3.80. The number of nitrogens with zero attached hydrogens (tertiary/aromatic N) is 2. The predicted octanol–water partition coefficient (Wildman–Crippen LogP) is 1.42. The van der Waals surface area contributed by atoms with Gasteiger partial charge in [-0.25, -0.2) is 0 Å². The van der Waals surface area contributed by atoms with E-state index in [2.05, 4.69) is 6.58 Å². The van der Waals surface area contributed by atoms with Crippen molar-refractivity contribution in [1.82, 2.24) is 9.80 Å². The molecule has 1 saturated heterocycles. The number of carbonyl (C=O) groups excluding carboxylic acids is 3. The van der Waals surface area contributed by atoms with E-state index in [9.17, 15) is 14.4 Å². The number of likely N-dealkylation sites (tertiary alicyclic amines) is 1. The van der Waals surface area contributed by atoms with Crippen molar-refractivity contribution in [2.24, 2.45) is 0 Å². The zero-order chi connectivity index (χ0) is 14.4. The topological polar surface area (TPSA) is 57.7 Å². The number of carbonyl (C=O) groups is 3. The number of amides is 3. The van der Waals surface area contributed by atoms with Crippen molar-refractivity contribution in [2.45, 2.75) is 18.9 Å². The van der Waals surface area contributed by atoms with E-state index >= 15 is 0 Å². The smallest absolute Gasteiger partial charge is 0.262 e. The molecule has 3 amide bonds. The van der Waals surface area contributed by atoms with Crippen molar-refractivity contribution < 1.29 is 14.4 Å². The van der Waals surface area contributed by atoms with Crippen LogP contribution in [0.3, 0.4) is 0 Å². The van der Waals surface area contributed by atoms with Crippen molar-refractivity contribution in [3.63, 3.8) is 0 Å². The second-order valence-corrected chi connectivity index (χ2v) is 5.04. The SMILES string of the molecule is C=C1CCC(N2C(=O)c3ccccc3C2=O)C(=O)N1C. The molecule has 102 valence electrons. The molecule has 1 aromatic rings. The van der Waals surface area contributed by atoms with E-state index in [-0.39, 0.29) is 17.7 Å². The molecule has 0 radical (unpaired) electrons. The van der Waals surface area contributed by atoms with Gasteiger partial charge in [-0.1, -0.05) is 18.7 Å². The summed E-state index contributed by atoms with van der Waals surface area (Å²) in [4.78, 5) is 39.5. The van der Waals surface area contributed by atoms with Gasteiger partial charge >= 0.3 is 0 Å². The second-order valence-electron chi connectivity index (χ2n) is 5.04. The molecule has 20 heavy (non-hydrogen) atoms. The Kier molecular flexibility index (Phi) is 2.71. The molecule has 0 bridgehead atoms. The van der Waals surface area contributed by atoms with Gasteiger partial charge in [0.15, 0.2) is 0 Å². The van der Waals surface area contributed by atoms with Crippen LogP contribution in [0, 0.1) is 0 Å². The van der Waals surface area contributed by atoms with Crippen molar-refractivity contribution in [1.29, 1.82) is 0 Å². The van der Waals surface area contributed by atoms with Crippen molar-refractivity contribution >= 4 is 17.7 Å². The molecule has 0 saturated carbocycles. The average Bonchev–Trinajstić information content (AvgIpc) is 2.70. The summed E-state index contributed by atoms with van der Waals surface area (Å²) in [6, 6.07) is 5.93. The third kappa shape index (κ3) is 1.59. The van der Waals surface area contributed by atoms with E-state index in [1.54, 1.807) is 31.3 Å². The lowest BCUT2D eigenvalue weighted by molar-refractivity contribution is -0.134. The van der Waals surface area contributed by atoms with E-state index in [4.69, 9.17) is 0 Å². The number of allylic oxidation sites excluding steroid dienone is 1. The summed E-state index contributed by atoms with van der Waals surface area (Å²) < 4.78 is 0. The highest BCUT2D eigenvalue weighted by atomic mass is 16.2. The summed E-state index contributed by atoms with van der Waals surface area (Å²) in [7, 11) is 1.62. The summed E-state index contributed by atoms with van der Waals surface area (Å²) in [6.07, 6.45) is 1.04. The highest BCUT2D eigenvalue weighted by Gasteiger charge is 2.44. The van der Waals surface area contributed by atoms with Gasteiger partial charge in [-0.15, -0.1) is 0 Å². The van der Waals surface area contributed by atoms with Crippen LogP contribution in [-0.2, 0) is 4.79 Å². The molecule has 0 aromatic heterocycles. The summed E-state index contributed by atoms with van der Waals surface area (Å²) >= 11 is 0. The quantitative estimate of drug-likeness (QED) is 0.725. The monoisotopic (exact) mass is 270 g/mol. The Hall–Kier alpha value is -2.43. The fourth-order valence-corrected chi connectivity index (χ4v) is 2.70. The fourth-order valence-electron chi connectivity index (χ4n) is 2.70. The molecule has 1 fully saturated rings. The number of piperidine rings is 1. The van der Waals surface area contributed by atoms with Crippen molar-refractivity contribution in [3.05, 3.63) is 47.7 Å². The first kappa shape index (κ1) is 12.6. The minimum Gasteiger partial charge on any atom is -0.318 e. The first-order valence-electron chi connectivity index (χ1n) is 6.44. The summed E-state index contributed by atoms with van der Waals surface area (Å²) in [5, 5.41) is 0. The molecule has 1 aromatic carbocycles. The van der Waals surface area contributed by atoms with Crippen molar-refractivity contribution in [2.75, 3.05) is 7.05 Å². The molecule has 3 rings (SSSR count). The number of benzene rings is 1. The molecule has 2 heterocycles. The molecule has 5 nitrogen and oxygen atoms in total. The molecule has 2 aliphatic rings. The standard InChI is InChI=1S/C15H14N2O3/c1-9-7-8-12(15(20)16(9)2)17-13(18)10-5-3-4-6-11(10)14(17)19/h3-6,12H,1,7-8H2,2H3. The Balaban J connectivity index is 1.97. The van der Waals surface area contributed by atoms with Crippen LogP contribution in [0.4, 0.5) is 0 Å². The van der Waals surface area contributed by atoms with Gasteiger partial charge in [-0.2, -0.15) is 0 Å². The Labute approximate surface area is 116 Å². The van der Waals surface area contributed by atoms with Crippen LogP contribution in [0.2, 0.25) is 0 Å². The van der Waals surface area contributed by atoms with Crippen molar-refractivity contribution in [3.8, 4) is 0 Å². The summed E-state index contributed by atoms with van der Waals surface area (Å²) in [5.41, 5.74) is 1.46. The Bertz CT molecular complexity index is 615. The Morgan fingerprint density at radius 2 is 1.65 bits per heavy atom. The van der Waals surface area contributed by atoms with Gasteiger partial charge in [0.25, 0.3) is 11.8 Å². The highest BCUT2D eigenvalue weighted by Crippen LogP contribution is 2.30. The number of hydrogen-bond acceptors (Lipinski definition) is 3. The molecule has 0 N–H and O–H groups in total. The van der Waals surface area contributed by atoms with Gasteiger partial charge in [-0.05, 0) is 25.0 Å². The van der Waals surface area contributed by atoms with E-state index in [0.29, 0.717) is 29.7 Å². The van der Waals surface area contributed by atoms with Gasteiger partial charge in [0.1, 0.15) is 6.04 Å². The normalized spacial score (nSPS) is 22.6. The molecule has 0 aliphatic carbocycles. The van der Waals surface area contributed by atoms with Gasteiger partial charge < -0.3 is 4.90 Å². The molecule has 0 spiro atoms. The first-order chi connectivity index (χ1) is 9.52. The van der Waals surface area contributed by atoms with E-state index in [1.165, 1.54) is 4.90 Å². The molecular formula is C15H14N2O3. The maximum atomic E-state index is 12.4. The summed E-state index contributed by atoms with van der Waals surface area (Å²) in [5.74, 6) is -1.02. The zero-order valence-corrected chi connectivity index (χ0v) is 11.1. The van der Waals surface area contributed by atoms with Crippen LogP contribution in [0.25, 0.3) is 0 Å². The minimum absolute atomic E-state index is 0.254. The highest BCUT2D eigenvalue weighted by molar-refractivity contribution is 6.22. The Morgan fingerprint density at radius 1 is 1.10 bits per heavy atom. The van der Waals surface area contributed by atoms with E-state index in [1.807, 2.05) is 0 Å². The van der Waals surface area contributed by atoms with Crippen LogP contribution in [0.5, 0.6) is 0 Å². The number of imide groups is 1. The number of hydrogen-bond donors (Lipinski definition) is 0. The maximum Gasteiger partial charge on any atom is 0.262 e. The second kappa shape index (κ2) is 4.30. The van der Waals surface area contributed by atoms with Crippen LogP contribution in [0.1, 0.15) is 33.6 Å². The third-order valence-corrected chi connectivity index (χ3v) is 3.93. The van der Waals surface area contributed by atoms with Gasteiger partial charge in [0.2, 0.25) is 5.91 Å². The van der Waals surface area contributed by atoms with Gasteiger partial charge in [0, 0.05) is 12.7 Å². The van der Waals surface area contributed by atoms with Gasteiger partial charge in [-0.3, -0.25) is 19.3 Å².